The van der Waals surface area contributed by atoms with Crippen molar-refractivity contribution >= 4 is 11.6 Å². The van der Waals surface area contributed by atoms with E-state index in [9.17, 15) is 0 Å². The molecular weight excluding hydrogens is 286 g/mol. The SMILES string of the molecule is CCC1OCCC1C(Cc1cc(Cl)cc2c1OCC2)NC. The van der Waals surface area contributed by atoms with Crippen molar-refractivity contribution in [3.8, 4) is 5.75 Å². The molecule has 3 nitrogen and oxygen atoms in total. The van der Waals surface area contributed by atoms with Crippen LogP contribution < -0.4 is 10.1 Å². The van der Waals surface area contributed by atoms with E-state index in [1.54, 1.807) is 0 Å². The molecule has 0 bridgehead atoms. The molecule has 116 valence electrons. The van der Waals surface area contributed by atoms with Crippen LogP contribution >= 0.6 is 11.6 Å². The van der Waals surface area contributed by atoms with Crippen molar-refractivity contribution in [1.29, 1.82) is 0 Å². The maximum Gasteiger partial charge on any atom is 0.125 e. The fourth-order valence-electron chi connectivity index (χ4n) is 3.75. The Morgan fingerprint density at radius 3 is 3.00 bits per heavy atom. The number of nitrogens with one attached hydrogen (secondary N) is 1. The van der Waals surface area contributed by atoms with E-state index in [1.807, 2.05) is 13.1 Å². The first kappa shape index (κ1) is 15.1. The molecule has 0 amide bonds. The lowest BCUT2D eigenvalue weighted by Crippen LogP contribution is -2.39. The minimum Gasteiger partial charge on any atom is -0.493 e. The molecule has 0 aromatic heterocycles. The second kappa shape index (κ2) is 6.55. The topological polar surface area (TPSA) is 30.5 Å². The van der Waals surface area contributed by atoms with Gasteiger partial charge in [0.2, 0.25) is 0 Å². The second-order valence-electron chi connectivity index (χ2n) is 6.02. The number of ether oxygens (including phenoxy) is 2. The Balaban J connectivity index is 1.81. The molecule has 1 saturated heterocycles. The van der Waals surface area contributed by atoms with Gasteiger partial charge in [0.25, 0.3) is 0 Å². The molecule has 3 atom stereocenters. The number of rotatable bonds is 5. The van der Waals surface area contributed by atoms with Crippen molar-refractivity contribution in [2.75, 3.05) is 20.3 Å². The summed E-state index contributed by atoms with van der Waals surface area (Å²) in [5.74, 6) is 1.63. The summed E-state index contributed by atoms with van der Waals surface area (Å²) in [5.41, 5.74) is 2.48. The average molecular weight is 310 g/mol. The normalized spacial score (nSPS) is 25.7. The van der Waals surface area contributed by atoms with Gasteiger partial charge in [0.15, 0.2) is 0 Å². The molecule has 1 N–H and O–H groups in total. The van der Waals surface area contributed by atoms with Gasteiger partial charge in [-0.1, -0.05) is 18.5 Å². The van der Waals surface area contributed by atoms with Crippen molar-refractivity contribution in [3.05, 3.63) is 28.3 Å². The molecule has 1 aromatic rings. The second-order valence-corrected chi connectivity index (χ2v) is 6.46. The Labute approximate surface area is 132 Å². The van der Waals surface area contributed by atoms with Crippen molar-refractivity contribution in [2.45, 2.75) is 44.8 Å². The largest absolute Gasteiger partial charge is 0.493 e. The van der Waals surface area contributed by atoms with Gasteiger partial charge in [0.05, 0.1) is 12.7 Å². The number of likely N-dealkylation sites (N-methyl/N-ethyl adjacent to an activating group) is 1. The van der Waals surface area contributed by atoms with Gasteiger partial charge in [0, 0.05) is 30.0 Å². The van der Waals surface area contributed by atoms with Crippen LogP contribution in [0.15, 0.2) is 12.1 Å². The van der Waals surface area contributed by atoms with E-state index >= 15 is 0 Å². The van der Waals surface area contributed by atoms with Crippen molar-refractivity contribution < 1.29 is 9.47 Å². The molecular formula is C17H24ClNO2. The van der Waals surface area contributed by atoms with Crippen LogP contribution in [0.25, 0.3) is 0 Å². The van der Waals surface area contributed by atoms with Gasteiger partial charge in [-0.15, -0.1) is 0 Å². The predicted octanol–water partition coefficient (Wildman–Crippen LogP) is 3.22. The third kappa shape index (κ3) is 3.05. The third-order valence-electron chi connectivity index (χ3n) is 4.82. The van der Waals surface area contributed by atoms with E-state index in [0.717, 1.165) is 49.7 Å². The van der Waals surface area contributed by atoms with Gasteiger partial charge in [-0.3, -0.25) is 0 Å². The maximum atomic E-state index is 6.27. The van der Waals surface area contributed by atoms with Crippen LogP contribution in [0.4, 0.5) is 0 Å². The lowest BCUT2D eigenvalue weighted by Gasteiger charge is -2.27. The molecule has 2 heterocycles. The van der Waals surface area contributed by atoms with Crippen LogP contribution in [0, 0.1) is 5.92 Å². The van der Waals surface area contributed by atoms with Crippen molar-refractivity contribution in [2.24, 2.45) is 5.92 Å². The minimum atomic E-state index is 0.371. The van der Waals surface area contributed by atoms with Crippen molar-refractivity contribution in [3.63, 3.8) is 0 Å². The average Bonchev–Trinajstić information content (AvgIpc) is 3.12. The van der Waals surface area contributed by atoms with Gasteiger partial charge < -0.3 is 14.8 Å². The summed E-state index contributed by atoms with van der Waals surface area (Å²) in [5, 5.41) is 4.31. The van der Waals surface area contributed by atoms with E-state index in [2.05, 4.69) is 18.3 Å². The standard InChI is InChI=1S/C17H24ClNO2/c1-3-16-14(5-7-20-16)15(19-2)10-12-9-13(18)8-11-4-6-21-17(11)12/h8-9,14-16,19H,3-7,10H2,1-2H3. The molecule has 1 aromatic carbocycles. The molecule has 0 radical (unpaired) electrons. The van der Waals surface area contributed by atoms with Crippen LogP contribution in [0.3, 0.4) is 0 Å². The zero-order chi connectivity index (χ0) is 14.8. The third-order valence-corrected chi connectivity index (χ3v) is 5.03. The highest BCUT2D eigenvalue weighted by molar-refractivity contribution is 6.30. The summed E-state index contributed by atoms with van der Waals surface area (Å²) in [6.07, 6.45) is 4.50. The lowest BCUT2D eigenvalue weighted by atomic mass is 9.87. The molecule has 2 aliphatic heterocycles. The Bertz CT molecular complexity index is 506. The zero-order valence-electron chi connectivity index (χ0n) is 12.8. The molecule has 0 saturated carbocycles. The van der Waals surface area contributed by atoms with E-state index in [0.29, 0.717) is 18.1 Å². The number of hydrogen-bond donors (Lipinski definition) is 1. The summed E-state index contributed by atoms with van der Waals surface area (Å²) in [7, 11) is 2.04. The first-order valence-electron chi connectivity index (χ1n) is 7.96. The highest BCUT2D eigenvalue weighted by atomic mass is 35.5. The number of fused-ring (bicyclic) bond motifs is 1. The van der Waals surface area contributed by atoms with E-state index in [1.165, 1.54) is 11.1 Å². The van der Waals surface area contributed by atoms with Gasteiger partial charge in [-0.25, -0.2) is 0 Å². The van der Waals surface area contributed by atoms with Crippen LogP contribution in [-0.2, 0) is 17.6 Å². The summed E-state index contributed by atoms with van der Waals surface area (Å²) in [6.45, 7) is 3.86. The Kier molecular flexibility index (Phi) is 4.72. The fraction of sp³-hybridized carbons (Fsp3) is 0.647. The molecule has 3 rings (SSSR count). The lowest BCUT2D eigenvalue weighted by molar-refractivity contribution is 0.0782. The highest BCUT2D eigenvalue weighted by Crippen LogP contribution is 2.35. The zero-order valence-corrected chi connectivity index (χ0v) is 13.6. The molecule has 0 aliphatic carbocycles. The summed E-state index contributed by atoms with van der Waals surface area (Å²) in [6, 6.07) is 4.51. The van der Waals surface area contributed by atoms with E-state index in [4.69, 9.17) is 21.1 Å². The minimum absolute atomic E-state index is 0.371. The Morgan fingerprint density at radius 2 is 2.24 bits per heavy atom. The van der Waals surface area contributed by atoms with Gasteiger partial charge in [-0.2, -0.15) is 0 Å². The molecule has 0 spiro atoms. The molecule has 4 heteroatoms. The van der Waals surface area contributed by atoms with E-state index < -0.39 is 0 Å². The predicted molar refractivity (Wildman–Crippen MR) is 85.3 cm³/mol. The highest BCUT2D eigenvalue weighted by Gasteiger charge is 2.33. The van der Waals surface area contributed by atoms with Crippen LogP contribution in [0.2, 0.25) is 5.02 Å². The smallest absolute Gasteiger partial charge is 0.125 e. The quantitative estimate of drug-likeness (QED) is 0.906. The van der Waals surface area contributed by atoms with Gasteiger partial charge >= 0.3 is 0 Å². The van der Waals surface area contributed by atoms with E-state index in [-0.39, 0.29) is 0 Å². The van der Waals surface area contributed by atoms with Gasteiger partial charge in [0.1, 0.15) is 5.75 Å². The number of halogens is 1. The Morgan fingerprint density at radius 1 is 1.38 bits per heavy atom. The maximum absolute atomic E-state index is 6.27. The monoisotopic (exact) mass is 309 g/mol. The first-order chi connectivity index (χ1) is 10.2. The Hall–Kier alpha value is -0.770. The van der Waals surface area contributed by atoms with Crippen molar-refractivity contribution in [1.82, 2.24) is 5.32 Å². The van der Waals surface area contributed by atoms with Crippen LogP contribution in [0.1, 0.15) is 30.9 Å². The summed E-state index contributed by atoms with van der Waals surface area (Å²) >= 11 is 6.27. The molecule has 21 heavy (non-hydrogen) atoms. The number of benzene rings is 1. The first-order valence-corrected chi connectivity index (χ1v) is 8.33. The summed E-state index contributed by atoms with van der Waals surface area (Å²) in [4.78, 5) is 0. The fourth-order valence-corrected chi connectivity index (χ4v) is 4.01. The molecule has 2 aliphatic rings. The molecule has 3 unspecified atom stereocenters. The number of hydrogen-bond acceptors (Lipinski definition) is 3. The molecule has 1 fully saturated rings. The van der Waals surface area contributed by atoms with Crippen LogP contribution in [0.5, 0.6) is 5.75 Å². The van der Waals surface area contributed by atoms with Gasteiger partial charge in [-0.05, 0) is 49.6 Å². The van der Waals surface area contributed by atoms with Crippen LogP contribution in [-0.4, -0.2) is 32.4 Å². The summed E-state index contributed by atoms with van der Waals surface area (Å²) < 4.78 is 11.7.